The molecule has 0 amide bonds. The van der Waals surface area contributed by atoms with Gasteiger partial charge in [-0.05, 0) is 36.8 Å². The van der Waals surface area contributed by atoms with E-state index in [1.165, 1.54) is 5.57 Å². The lowest BCUT2D eigenvalue weighted by Crippen LogP contribution is -2.05. The number of halogens is 2. The van der Waals surface area contributed by atoms with Gasteiger partial charge in [-0.25, -0.2) is 0 Å². The molecular formula is C13H13Cl2NO2. The zero-order valence-corrected chi connectivity index (χ0v) is 11.4. The van der Waals surface area contributed by atoms with Gasteiger partial charge in [-0.2, -0.15) is 5.48 Å². The number of hydrogen-bond donors (Lipinski definition) is 1. The molecule has 0 aromatic heterocycles. The fraction of sp³-hybridized carbons (Fsp3) is 0.231. The van der Waals surface area contributed by atoms with Crippen LogP contribution < -0.4 is 10.2 Å². The molecule has 1 N–H and O–H groups in total. The highest BCUT2D eigenvalue weighted by Gasteiger charge is 2.07. The molecule has 18 heavy (non-hydrogen) atoms. The summed E-state index contributed by atoms with van der Waals surface area (Å²) in [6, 6.07) is 5.18. The number of ether oxygens (including phenoxy) is 1. The SMILES string of the molecule is CC1=C(/C=C/COc2ccc(Cl)c(Cl)c2)ONC1. The smallest absolute Gasteiger partial charge is 0.147 e. The van der Waals surface area contributed by atoms with Gasteiger partial charge >= 0.3 is 0 Å². The largest absolute Gasteiger partial charge is 0.489 e. The van der Waals surface area contributed by atoms with E-state index in [2.05, 4.69) is 5.48 Å². The Morgan fingerprint density at radius 3 is 2.89 bits per heavy atom. The molecular weight excluding hydrogens is 273 g/mol. The Kier molecular flexibility index (Phi) is 4.53. The third-order valence-corrected chi connectivity index (χ3v) is 3.19. The molecule has 0 unspecified atom stereocenters. The molecule has 0 radical (unpaired) electrons. The van der Waals surface area contributed by atoms with Crippen LogP contribution in [0.3, 0.4) is 0 Å². The van der Waals surface area contributed by atoms with Crippen molar-refractivity contribution in [2.24, 2.45) is 0 Å². The summed E-state index contributed by atoms with van der Waals surface area (Å²) in [5, 5.41) is 1.01. The van der Waals surface area contributed by atoms with Crippen molar-refractivity contribution in [2.45, 2.75) is 6.92 Å². The van der Waals surface area contributed by atoms with E-state index < -0.39 is 0 Å². The second-order valence-electron chi connectivity index (χ2n) is 3.86. The minimum atomic E-state index is 0.443. The summed E-state index contributed by atoms with van der Waals surface area (Å²) in [5.74, 6) is 1.53. The monoisotopic (exact) mass is 285 g/mol. The molecule has 1 aliphatic heterocycles. The summed E-state index contributed by atoms with van der Waals surface area (Å²) >= 11 is 11.7. The van der Waals surface area contributed by atoms with Gasteiger partial charge in [0.15, 0.2) is 0 Å². The van der Waals surface area contributed by atoms with Crippen LogP contribution in [0.2, 0.25) is 10.0 Å². The van der Waals surface area contributed by atoms with Crippen molar-refractivity contribution < 1.29 is 9.57 Å². The maximum absolute atomic E-state index is 5.88. The van der Waals surface area contributed by atoms with E-state index in [0.717, 1.165) is 12.3 Å². The Bertz CT molecular complexity index is 498. The summed E-state index contributed by atoms with van der Waals surface area (Å²) in [7, 11) is 0. The van der Waals surface area contributed by atoms with Gasteiger partial charge < -0.3 is 9.57 Å². The zero-order chi connectivity index (χ0) is 13.0. The van der Waals surface area contributed by atoms with Crippen LogP contribution in [0.25, 0.3) is 0 Å². The minimum absolute atomic E-state index is 0.443. The number of hydroxylamine groups is 1. The van der Waals surface area contributed by atoms with Crippen LogP contribution in [0.15, 0.2) is 41.7 Å². The van der Waals surface area contributed by atoms with Crippen LogP contribution >= 0.6 is 23.2 Å². The van der Waals surface area contributed by atoms with Crippen molar-refractivity contribution in [3.8, 4) is 5.75 Å². The summed E-state index contributed by atoms with van der Waals surface area (Å²) < 4.78 is 5.51. The fourth-order valence-electron chi connectivity index (χ4n) is 1.44. The molecule has 96 valence electrons. The van der Waals surface area contributed by atoms with Gasteiger partial charge in [-0.3, -0.25) is 0 Å². The highest BCUT2D eigenvalue weighted by molar-refractivity contribution is 6.42. The van der Waals surface area contributed by atoms with Crippen molar-refractivity contribution in [1.29, 1.82) is 0 Å². The van der Waals surface area contributed by atoms with E-state index in [0.29, 0.717) is 22.4 Å². The van der Waals surface area contributed by atoms with Gasteiger partial charge in [0.1, 0.15) is 18.1 Å². The van der Waals surface area contributed by atoms with Crippen molar-refractivity contribution >= 4 is 23.2 Å². The normalized spacial score (nSPS) is 15.3. The Hall–Kier alpha value is -1.16. The number of hydrogen-bond acceptors (Lipinski definition) is 3. The van der Waals surface area contributed by atoms with E-state index >= 15 is 0 Å². The molecule has 1 heterocycles. The average molecular weight is 286 g/mol. The van der Waals surface area contributed by atoms with Gasteiger partial charge in [0.2, 0.25) is 0 Å². The first kappa shape index (κ1) is 13.3. The predicted molar refractivity (Wildman–Crippen MR) is 72.9 cm³/mol. The van der Waals surface area contributed by atoms with Crippen molar-refractivity contribution in [2.75, 3.05) is 13.2 Å². The van der Waals surface area contributed by atoms with Crippen LogP contribution in [0.4, 0.5) is 0 Å². The van der Waals surface area contributed by atoms with Crippen LogP contribution in [-0.4, -0.2) is 13.2 Å². The molecule has 5 heteroatoms. The Labute approximate surface area is 116 Å². The molecule has 0 spiro atoms. The first-order valence-corrected chi connectivity index (χ1v) is 6.26. The molecule has 0 aliphatic carbocycles. The fourth-order valence-corrected chi connectivity index (χ4v) is 1.73. The molecule has 2 rings (SSSR count). The summed E-state index contributed by atoms with van der Waals surface area (Å²) in [5.41, 5.74) is 3.96. The van der Waals surface area contributed by atoms with Gasteiger partial charge in [-0.1, -0.05) is 23.2 Å². The van der Waals surface area contributed by atoms with E-state index in [1.54, 1.807) is 18.2 Å². The van der Waals surface area contributed by atoms with Crippen molar-refractivity contribution in [3.05, 3.63) is 51.7 Å². The number of allylic oxidation sites excluding steroid dienone is 1. The van der Waals surface area contributed by atoms with Crippen LogP contribution in [-0.2, 0) is 4.84 Å². The van der Waals surface area contributed by atoms with Crippen molar-refractivity contribution in [3.63, 3.8) is 0 Å². The highest BCUT2D eigenvalue weighted by Crippen LogP contribution is 2.26. The highest BCUT2D eigenvalue weighted by atomic mass is 35.5. The van der Waals surface area contributed by atoms with Gasteiger partial charge in [0.05, 0.1) is 16.6 Å². The average Bonchev–Trinajstić information content (AvgIpc) is 2.75. The molecule has 1 aromatic carbocycles. The summed E-state index contributed by atoms with van der Waals surface area (Å²) in [6.07, 6.45) is 3.77. The molecule has 0 saturated heterocycles. The number of benzene rings is 1. The lowest BCUT2D eigenvalue weighted by atomic mass is 10.2. The van der Waals surface area contributed by atoms with Gasteiger partial charge in [0, 0.05) is 6.07 Å². The lowest BCUT2D eigenvalue weighted by molar-refractivity contribution is 0.148. The topological polar surface area (TPSA) is 30.5 Å². The van der Waals surface area contributed by atoms with E-state index in [9.17, 15) is 0 Å². The van der Waals surface area contributed by atoms with Crippen LogP contribution in [0.5, 0.6) is 5.75 Å². The molecule has 1 aliphatic rings. The zero-order valence-electron chi connectivity index (χ0n) is 9.87. The second-order valence-corrected chi connectivity index (χ2v) is 4.67. The quantitative estimate of drug-likeness (QED) is 0.914. The Balaban J connectivity index is 1.86. The molecule has 3 nitrogen and oxygen atoms in total. The number of rotatable bonds is 4. The van der Waals surface area contributed by atoms with Crippen LogP contribution in [0, 0.1) is 0 Å². The van der Waals surface area contributed by atoms with Gasteiger partial charge in [-0.15, -0.1) is 0 Å². The summed E-state index contributed by atoms with van der Waals surface area (Å²) in [4.78, 5) is 5.20. The maximum atomic E-state index is 5.88. The molecule has 0 atom stereocenters. The van der Waals surface area contributed by atoms with E-state index in [-0.39, 0.29) is 0 Å². The molecule has 0 saturated carbocycles. The summed E-state index contributed by atoms with van der Waals surface area (Å²) in [6.45, 7) is 3.21. The van der Waals surface area contributed by atoms with Gasteiger partial charge in [0.25, 0.3) is 0 Å². The second kappa shape index (κ2) is 6.14. The van der Waals surface area contributed by atoms with E-state index in [1.807, 2.05) is 19.1 Å². The molecule has 0 bridgehead atoms. The molecule has 0 fully saturated rings. The maximum Gasteiger partial charge on any atom is 0.147 e. The minimum Gasteiger partial charge on any atom is -0.489 e. The lowest BCUT2D eigenvalue weighted by Gasteiger charge is -2.04. The number of nitrogens with one attached hydrogen (secondary N) is 1. The first-order chi connectivity index (χ1) is 8.66. The Morgan fingerprint density at radius 2 is 2.22 bits per heavy atom. The van der Waals surface area contributed by atoms with Crippen molar-refractivity contribution in [1.82, 2.24) is 5.48 Å². The standard InChI is InChI=1S/C13H13Cl2NO2/c1-9-8-16-18-13(9)3-2-6-17-10-4-5-11(14)12(15)7-10/h2-5,7,16H,6,8H2,1H3/b3-2+. The van der Waals surface area contributed by atoms with Crippen LogP contribution in [0.1, 0.15) is 6.92 Å². The predicted octanol–water partition coefficient (Wildman–Crippen LogP) is 3.74. The third-order valence-electron chi connectivity index (χ3n) is 2.45. The Morgan fingerprint density at radius 1 is 1.39 bits per heavy atom. The third kappa shape index (κ3) is 3.42. The van der Waals surface area contributed by atoms with E-state index in [4.69, 9.17) is 32.8 Å². The first-order valence-electron chi connectivity index (χ1n) is 5.50. The molecule has 1 aromatic rings.